The summed E-state index contributed by atoms with van der Waals surface area (Å²) in [5.74, 6) is 1.93. The number of aryl methyl sites for hydroxylation is 1. The minimum atomic E-state index is 0.640. The Hall–Kier alpha value is -7.37. The van der Waals surface area contributed by atoms with Crippen LogP contribution in [0.15, 0.2) is 180 Å². The molecule has 0 saturated carbocycles. The number of furan rings is 1. The molecule has 5 nitrogen and oxygen atoms in total. The second-order valence-corrected chi connectivity index (χ2v) is 14.7. The van der Waals surface area contributed by atoms with Crippen molar-refractivity contribution in [3.8, 4) is 51.0 Å². The maximum Gasteiger partial charge on any atom is 0.164 e. The van der Waals surface area contributed by atoms with Crippen LogP contribution < -0.4 is 0 Å². The molecule has 0 bridgehead atoms. The Labute approximate surface area is 329 Å². The number of para-hydroxylation sites is 1. The lowest BCUT2D eigenvalue weighted by atomic mass is 9.99. The third-order valence-corrected chi connectivity index (χ3v) is 11.2. The summed E-state index contributed by atoms with van der Waals surface area (Å²) in [4.78, 5) is 15.1. The molecule has 0 aliphatic heterocycles. The zero-order chi connectivity index (χ0) is 37.9. The molecule has 3 heterocycles. The van der Waals surface area contributed by atoms with Crippen LogP contribution in [-0.4, -0.2) is 19.5 Å². The van der Waals surface area contributed by atoms with Gasteiger partial charge in [-0.05, 0) is 83.1 Å². The Bertz CT molecular complexity index is 3250. The zero-order valence-electron chi connectivity index (χ0n) is 31.4. The molecule has 5 heteroatoms. The SMILES string of the molecule is CCCc1ccc2oc3ccc(-c4ccc5c(c4)c4ccccc4n5-c4ccc(-c5nc(-c6ccccc6)nc(-c6ccccc6)n5)c5ccccc45)cc3c2c1. The summed E-state index contributed by atoms with van der Waals surface area (Å²) in [6, 6.07) is 62.0. The summed E-state index contributed by atoms with van der Waals surface area (Å²) in [5, 5.41) is 6.93. The minimum absolute atomic E-state index is 0.640. The van der Waals surface area contributed by atoms with Gasteiger partial charge in [-0.2, -0.15) is 0 Å². The maximum absolute atomic E-state index is 6.27. The summed E-state index contributed by atoms with van der Waals surface area (Å²) in [6.45, 7) is 2.22. The minimum Gasteiger partial charge on any atom is -0.456 e. The largest absolute Gasteiger partial charge is 0.456 e. The predicted octanol–water partition coefficient (Wildman–Crippen LogP) is 13.6. The molecule has 0 atom stereocenters. The van der Waals surface area contributed by atoms with Crippen LogP contribution in [0.3, 0.4) is 0 Å². The van der Waals surface area contributed by atoms with Crippen LogP contribution in [-0.2, 0) is 6.42 Å². The molecule has 57 heavy (non-hydrogen) atoms. The first kappa shape index (κ1) is 33.0. The van der Waals surface area contributed by atoms with Gasteiger partial charge >= 0.3 is 0 Å². The Morgan fingerprint density at radius 2 is 0.982 bits per heavy atom. The molecule has 0 N–H and O–H groups in total. The molecule has 0 unspecified atom stereocenters. The van der Waals surface area contributed by atoms with Gasteiger partial charge in [-0.25, -0.2) is 15.0 Å². The highest BCUT2D eigenvalue weighted by Crippen LogP contribution is 2.40. The second kappa shape index (κ2) is 13.4. The van der Waals surface area contributed by atoms with Gasteiger partial charge < -0.3 is 8.98 Å². The summed E-state index contributed by atoms with van der Waals surface area (Å²) in [6.07, 6.45) is 2.17. The fourth-order valence-corrected chi connectivity index (χ4v) is 8.46. The van der Waals surface area contributed by atoms with Crippen molar-refractivity contribution in [3.63, 3.8) is 0 Å². The highest BCUT2D eigenvalue weighted by molar-refractivity contribution is 6.13. The molecule has 0 spiro atoms. The Balaban J connectivity index is 1.07. The van der Waals surface area contributed by atoms with Crippen molar-refractivity contribution in [1.29, 1.82) is 0 Å². The number of rotatable bonds is 7. The molecule has 8 aromatic carbocycles. The lowest BCUT2D eigenvalue weighted by molar-refractivity contribution is 0.668. The first-order chi connectivity index (χ1) is 28.2. The number of fused-ring (bicyclic) bond motifs is 7. The highest BCUT2D eigenvalue weighted by Gasteiger charge is 2.19. The van der Waals surface area contributed by atoms with Gasteiger partial charge in [0.1, 0.15) is 11.2 Å². The molecule has 0 fully saturated rings. The maximum atomic E-state index is 6.27. The summed E-state index contributed by atoms with van der Waals surface area (Å²) in [7, 11) is 0. The van der Waals surface area contributed by atoms with Gasteiger partial charge in [-0.3, -0.25) is 0 Å². The van der Waals surface area contributed by atoms with Crippen molar-refractivity contribution in [2.75, 3.05) is 0 Å². The average molecular weight is 733 g/mol. The van der Waals surface area contributed by atoms with E-state index < -0.39 is 0 Å². The zero-order valence-corrected chi connectivity index (χ0v) is 31.4. The first-order valence-electron chi connectivity index (χ1n) is 19.6. The lowest BCUT2D eigenvalue weighted by Gasteiger charge is -2.15. The molecule has 270 valence electrons. The van der Waals surface area contributed by atoms with Crippen LogP contribution in [0, 0.1) is 0 Å². The summed E-state index contributed by atoms with van der Waals surface area (Å²) < 4.78 is 8.67. The van der Waals surface area contributed by atoms with Gasteiger partial charge in [0.15, 0.2) is 17.5 Å². The van der Waals surface area contributed by atoms with Crippen LogP contribution in [0.1, 0.15) is 18.9 Å². The van der Waals surface area contributed by atoms with Crippen LogP contribution in [0.25, 0.3) is 105 Å². The molecule has 0 amide bonds. The number of hydrogen-bond acceptors (Lipinski definition) is 4. The fraction of sp³-hybridized carbons (Fsp3) is 0.0577. The van der Waals surface area contributed by atoms with Crippen molar-refractivity contribution in [2.24, 2.45) is 0 Å². The third kappa shape index (κ3) is 5.58. The van der Waals surface area contributed by atoms with Gasteiger partial charge in [0.25, 0.3) is 0 Å². The standard InChI is InChI=1S/C52H36N4O/c1-2-13-33-22-28-48-43(30-33)44-32-37(24-29-49(44)57-48)36-23-26-47-42(31-36)40-20-11-12-21-45(40)56(47)46-27-25-41(38-18-9-10-19-39(38)46)52-54-50(34-14-5-3-6-15-34)53-51(55-52)35-16-7-4-8-17-35/h3-12,14-32H,2,13H2,1H3. The van der Waals surface area contributed by atoms with E-state index in [1.54, 1.807) is 0 Å². The van der Waals surface area contributed by atoms with Crippen LogP contribution in [0.5, 0.6) is 0 Å². The second-order valence-electron chi connectivity index (χ2n) is 14.7. The molecule has 11 aromatic rings. The Morgan fingerprint density at radius 3 is 1.70 bits per heavy atom. The van der Waals surface area contributed by atoms with E-state index in [-0.39, 0.29) is 0 Å². The number of nitrogens with zero attached hydrogens (tertiary/aromatic N) is 4. The topological polar surface area (TPSA) is 56.7 Å². The van der Waals surface area contributed by atoms with Gasteiger partial charge in [-0.15, -0.1) is 0 Å². The quantitative estimate of drug-likeness (QED) is 0.164. The molecule has 0 radical (unpaired) electrons. The number of hydrogen-bond donors (Lipinski definition) is 0. The smallest absolute Gasteiger partial charge is 0.164 e. The van der Waals surface area contributed by atoms with E-state index in [9.17, 15) is 0 Å². The van der Waals surface area contributed by atoms with Crippen molar-refractivity contribution in [2.45, 2.75) is 19.8 Å². The molecule has 11 rings (SSSR count). The molecule has 0 aliphatic rings. The predicted molar refractivity (Wildman–Crippen MR) is 235 cm³/mol. The van der Waals surface area contributed by atoms with E-state index in [2.05, 4.69) is 127 Å². The normalized spacial score (nSPS) is 11.7. The molecular formula is C52H36N4O. The Kier molecular flexibility index (Phi) is 7.78. The molecule has 0 saturated heterocycles. The van der Waals surface area contributed by atoms with Crippen LogP contribution >= 0.6 is 0 Å². The molecular weight excluding hydrogens is 697 g/mol. The average Bonchev–Trinajstić information content (AvgIpc) is 3.81. The van der Waals surface area contributed by atoms with Crippen molar-refractivity contribution < 1.29 is 4.42 Å². The summed E-state index contributed by atoms with van der Waals surface area (Å²) in [5.41, 5.74) is 11.8. The fourth-order valence-electron chi connectivity index (χ4n) is 8.46. The first-order valence-corrected chi connectivity index (χ1v) is 19.6. The summed E-state index contributed by atoms with van der Waals surface area (Å²) >= 11 is 0. The van der Waals surface area contributed by atoms with E-state index in [0.717, 1.165) is 73.6 Å². The van der Waals surface area contributed by atoms with E-state index >= 15 is 0 Å². The number of aromatic nitrogens is 4. The van der Waals surface area contributed by atoms with E-state index in [1.165, 1.54) is 32.8 Å². The van der Waals surface area contributed by atoms with Crippen LogP contribution in [0.2, 0.25) is 0 Å². The monoisotopic (exact) mass is 732 g/mol. The lowest BCUT2D eigenvalue weighted by Crippen LogP contribution is -2.01. The third-order valence-electron chi connectivity index (χ3n) is 11.2. The van der Waals surface area contributed by atoms with Crippen molar-refractivity contribution in [3.05, 3.63) is 181 Å². The van der Waals surface area contributed by atoms with Crippen molar-refractivity contribution >= 4 is 54.5 Å². The highest BCUT2D eigenvalue weighted by atomic mass is 16.3. The van der Waals surface area contributed by atoms with E-state index in [4.69, 9.17) is 19.4 Å². The van der Waals surface area contributed by atoms with Gasteiger partial charge in [0.2, 0.25) is 0 Å². The van der Waals surface area contributed by atoms with Crippen LogP contribution in [0.4, 0.5) is 0 Å². The van der Waals surface area contributed by atoms with Gasteiger partial charge in [-0.1, -0.05) is 135 Å². The van der Waals surface area contributed by atoms with Crippen molar-refractivity contribution in [1.82, 2.24) is 19.5 Å². The van der Waals surface area contributed by atoms with E-state index in [0.29, 0.717) is 17.5 Å². The number of benzene rings is 8. The van der Waals surface area contributed by atoms with Gasteiger partial charge in [0, 0.05) is 43.6 Å². The van der Waals surface area contributed by atoms with E-state index in [1.807, 2.05) is 60.7 Å². The molecule has 0 aliphatic carbocycles. The Morgan fingerprint density at radius 1 is 0.421 bits per heavy atom. The molecule has 3 aromatic heterocycles. The van der Waals surface area contributed by atoms with Gasteiger partial charge in [0.05, 0.1) is 16.7 Å².